The number of carboxylic acids is 1. The summed E-state index contributed by atoms with van der Waals surface area (Å²) in [7, 11) is 0. The highest BCUT2D eigenvalue weighted by atomic mass is 16.4. The Labute approximate surface area is 101 Å². The first-order valence-electron chi connectivity index (χ1n) is 5.67. The fourth-order valence-corrected chi connectivity index (χ4v) is 1.46. The molecule has 3 nitrogen and oxygen atoms in total. The lowest BCUT2D eigenvalue weighted by molar-refractivity contribution is -0.131. The van der Waals surface area contributed by atoms with Gasteiger partial charge in [0.05, 0.1) is 0 Å². The van der Waals surface area contributed by atoms with Crippen LogP contribution in [0.4, 0.5) is 0 Å². The third kappa shape index (κ3) is 4.64. The molecule has 0 amide bonds. The number of carbonyl (C=O) groups excluding carboxylic acids is 1. The summed E-state index contributed by atoms with van der Waals surface area (Å²) in [6.45, 7) is 2.13. The van der Waals surface area contributed by atoms with Gasteiger partial charge in [0.15, 0.2) is 5.78 Å². The molecule has 0 aromatic heterocycles. The maximum absolute atomic E-state index is 11.5. The van der Waals surface area contributed by atoms with Crippen LogP contribution in [0.5, 0.6) is 0 Å². The summed E-state index contributed by atoms with van der Waals surface area (Å²) in [4.78, 5) is 21.8. The number of ketones is 1. The van der Waals surface area contributed by atoms with E-state index in [2.05, 4.69) is 6.92 Å². The molecule has 90 valence electrons. The Morgan fingerprint density at radius 2 is 1.82 bits per heavy atom. The molecule has 0 aliphatic heterocycles. The van der Waals surface area contributed by atoms with Gasteiger partial charge in [0.1, 0.15) is 0 Å². The van der Waals surface area contributed by atoms with Gasteiger partial charge in [-0.15, -0.1) is 0 Å². The maximum atomic E-state index is 11.5. The second kappa shape index (κ2) is 6.63. The van der Waals surface area contributed by atoms with Crippen molar-refractivity contribution in [1.82, 2.24) is 0 Å². The fraction of sp³-hybridized carbons (Fsp3) is 0.286. The molecule has 0 aliphatic carbocycles. The molecule has 0 fully saturated rings. The van der Waals surface area contributed by atoms with E-state index in [1.165, 1.54) is 5.56 Å². The summed E-state index contributed by atoms with van der Waals surface area (Å²) in [5, 5.41) is 8.41. The number of benzene rings is 1. The molecule has 0 heterocycles. The normalized spacial score (nSPS) is 10.6. The Kier molecular flexibility index (Phi) is 5.14. The van der Waals surface area contributed by atoms with Crippen LogP contribution in [0.2, 0.25) is 0 Å². The van der Waals surface area contributed by atoms with Crippen molar-refractivity contribution < 1.29 is 14.7 Å². The van der Waals surface area contributed by atoms with Crippen molar-refractivity contribution in [2.24, 2.45) is 0 Å². The van der Waals surface area contributed by atoms with Crippen LogP contribution in [0.25, 0.3) is 0 Å². The highest BCUT2D eigenvalue weighted by Gasteiger charge is 2.02. The molecule has 17 heavy (non-hydrogen) atoms. The van der Waals surface area contributed by atoms with Crippen molar-refractivity contribution in [2.75, 3.05) is 0 Å². The van der Waals surface area contributed by atoms with Crippen molar-refractivity contribution in [3.63, 3.8) is 0 Å². The van der Waals surface area contributed by atoms with E-state index in [9.17, 15) is 9.59 Å². The van der Waals surface area contributed by atoms with E-state index in [0.29, 0.717) is 5.56 Å². The van der Waals surface area contributed by atoms with Crippen LogP contribution in [0.1, 0.15) is 35.7 Å². The Hall–Kier alpha value is -1.90. The van der Waals surface area contributed by atoms with Gasteiger partial charge in [0, 0.05) is 11.6 Å². The molecule has 0 aliphatic rings. The van der Waals surface area contributed by atoms with Gasteiger partial charge >= 0.3 is 5.97 Å². The molecule has 1 aromatic rings. The van der Waals surface area contributed by atoms with Gasteiger partial charge in [0.2, 0.25) is 0 Å². The van der Waals surface area contributed by atoms with Crippen LogP contribution in [0.3, 0.4) is 0 Å². The van der Waals surface area contributed by atoms with Crippen LogP contribution >= 0.6 is 0 Å². The number of aryl methyl sites for hydroxylation is 1. The summed E-state index contributed by atoms with van der Waals surface area (Å²) < 4.78 is 0. The Bertz CT molecular complexity index is 416. The molecule has 1 aromatic carbocycles. The monoisotopic (exact) mass is 232 g/mol. The summed E-state index contributed by atoms with van der Waals surface area (Å²) in [6.07, 6.45) is 5.21. The van der Waals surface area contributed by atoms with Crippen molar-refractivity contribution in [3.05, 3.63) is 47.5 Å². The van der Waals surface area contributed by atoms with Crippen LogP contribution in [-0.2, 0) is 11.2 Å². The van der Waals surface area contributed by atoms with Crippen molar-refractivity contribution >= 4 is 11.8 Å². The van der Waals surface area contributed by atoms with Gasteiger partial charge in [-0.05, 0) is 24.5 Å². The smallest absolute Gasteiger partial charge is 0.328 e. The third-order valence-corrected chi connectivity index (χ3v) is 2.43. The van der Waals surface area contributed by atoms with Gasteiger partial charge in [-0.3, -0.25) is 4.79 Å². The lowest BCUT2D eigenvalue weighted by Gasteiger charge is -2.00. The zero-order valence-corrected chi connectivity index (χ0v) is 9.85. The first-order valence-corrected chi connectivity index (χ1v) is 5.67. The number of carbonyl (C=O) groups is 2. The van der Waals surface area contributed by atoms with Gasteiger partial charge < -0.3 is 5.11 Å². The maximum Gasteiger partial charge on any atom is 0.328 e. The first kappa shape index (κ1) is 13.2. The summed E-state index contributed by atoms with van der Waals surface area (Å²) in [5.41, 5.74) is 1.72. The lowest BCUT2D eigenvalue weighted by atomic mass is 10.0. The van der Waals surface area contributed by atoms with Crippen LogP contribution in [-0.4, -0.2) is 16.9 Å². The van der Waals surface area contributed by atoms with E-state index in [4.69, 9.17) is 5.11 Å². The van der Waals surface area contributed by atoms with Crippen molar-refractivity contribution in [3.8, 4) is 0 Å². The second-order valence-electron chi connectivity index (χ2n) is 3.84. The highest BCUT2D eigenvalue weighted by molar-refractivity contribution is 6.06. The number of hydrogen-bond donors (Lipinski definition) is 1. The minimum Gasteiger partial charge on any atom is -0.478 e. The van der Waals surface area contributed by atoms with Crippen LogP contribution < -0.4 is 0 Å². The van der Waals surface area contributed by atoms with Gasteiger partial charge in [-0.25, -0.2) is 4.79 Å². The lowest BCUT2D eigenvalue weighted by Crippen LogP contribution is -1.97. The van der Waals surface area contributed by atoms with E-state index in [-0.39, 0.29) is 5.78 Å². The second-order valence-corrected chi connectivity index (χ2v) is 3.84. The van der Waals surface area contributed by atoms with E-state index < -0.39 is 5.97 Å². The predicted octanol–water partition coefficient (Wildman–Crippen LogP) is 2.85. The van der Waals surface area contributed by atoms with Gasteiger partial charge in [0.25, 0.3) is 0 Å². The number of aliphatic carboxylic acids is 1. The number of allylic oxidation sites excluding steroid dienone is 1. The van der Waals surface area contributed by atoms with Gasteiger partial charge in [-0.1, -0.05) is 37.6 Å². The molecule has 3 heteroatoms. The molecule has 0 saturated carbocycles. The largest absolute Gasteiger partial charge is 0.478 e. The Morgan fingerprint density at radius 1 is 1.18 bits per heavy atom. The molecular weight excluding hydrogens is 216 g/mol. The molecular formula is C14H16O3. The van der Waals surface area contributed by atoms with E-state index in [1.807, 2.05) is 12.1 Å². The predicted molar refractivity (Wildman–Crippen MR) is 66.2 cm³/mol. The molecule has 0 radical (unpaired) electrons. The average Bonchev–Trinajstić information content (AvgIpc) is 2.34. The Morgan fingerprint density at radius 3 is 2.35 bits per heavy atom. The van der Waals surface area contributed by atoms with E-state index >= 15 is 0 Å². The number of carboxylic acid groups (broad SMARTS) is 1. The zero-order chi connectivity index (χ0) is 12.7. The molecule has 0 atom stereocenters. The average molecular weight is 232 g/mol. The molecule has 1 rings (SSSR count). The molecule has 0 saturated heterocycles. The first-order chi connectivity index (χ1) is 8.13. The minimum atomic E-state index is -1.11. The highest BCUT2D eigenvalue weighted by Crippen LogP contribution is 2.08. The summed E-state index contributed by atoms with van der Waals surface area (Å²) in [6, 6.07) is 7.30. The van der Waals surface area contributed by atoms with Crippen molar-refractivity contribution in [2.45, 2.75) is 26.2 Å². The van der Waals surface area contributed by atoms with Crippen molar-refractivity contribution in [1.29, 1.82) is 0 Å². The zero-order valence-electron chi connectivity index (χ0n) is 9.85. The topological polar surface area (TPSA) is 54.4 Å². The molecule has 0 unspecified atom stereocenters. The quantitative estimate of drug-likeness (QED) is 0.606. The standard InChI is InChI=1S/C14H16O3/c1-2-3-4-11-5-7-12(8-6-11)13(15)9-10-14(16)17/h5-10H,2-4H2,1H3,(H,16,17). The van der Waals surface area contributed by atoms with Crippen LogP contribution in [0, 0.1) is 0 Å². The SMILES string of the molecule is CCCCc1ccc(C(=O)C=CC(=O)O)cc1. The van der Waals surface area contributed by atoms with E-state index in [1.54, 1.807) is 12.1 Å². The Balaban J connectivity index is 2.67. The molecule has 0 spiro atoms. The van der Waals surface area contributed by atoms with Gasteiger partial charge in [-0.2, -0.15) is 0 Å². The van der Waals surface area contributed by atoms with Crippen LogP contribution in [0.15, 0.2) is 36.4 Å². The number of unbranched alkanes of at least 4 members (excludes halogenated alkanes) is 1. The fourth-order valence-electron chi connectivity index (χ4n) is 1.46. The number of hydrogen-bond acceptors (Lipinski definition) is 2. The van der Waals surface area contributed by atoms with E-state index in [0.717, 1.165) is 31.4 Å². The molecule has 1 N–H and O–H groups in total. The molecule has 0 bridgehead atoms. The third-order valence-electron chi connectivity index (χ3n) is 2.43. The summed E-state index contributed by atoms with van der Waals surface area (Å²) >= 11 is 0. The minimum absolute atomic E-state index is 0.283. The summed E-state index contributed by atoms with van der Waals surface area (Å²) in [5.74, 6) is -1.40. The number of rotatable bonds is 6.